The van der Waals surface area contributed by atoms with Crippen LogP contribution in [0, 0.1) is 0 Å². The van der Waals surface area contributed by atoms with Crippen molar-refractivity contribution in [1.82, 2.24) is 5.32 Å². The van der Waals surface area contributed by atoms with Crippen molar-refractivity contribution in [3.8, 4) is 0 Å². The zero-order valence-corrected chi connectivity index (χ0v) is 44.8. The first-order chi connectivity index (χ1) is 33.4. The van der Waals surface area contributed by atoms with E-state index in [1.54, 1.807) is 6.08 Å². The van der Waals surface area contributed by atoms with Gasteiger partial charge in [-0.1, -0.05) is 264 Å². The molecule has 8 unspecified atom stereocenters. The number of hydrogen-bond donors (Lipinski definition) is 7. The molecule has 1 rings (SSSR count). The Bertz CT molecular complexity index is 1290. The molecule has 7 N–H and O–H groups in total. The van der Waals surface area contributed by atoms with Gasteiger partial charge in [0.2, 0.25) is 5.91 Å². The minimum Gasteiger partial charge on any atom is -0.394 e. The van der Waals surface area contributed by atoms with Crippen molar-refractivity contribution in [2.24, 2.45) is 0 Å². The van der Waals surface area contributed by atoms with Crippen molar-refractivity contribution in [1.29, 1.82) is 0 Å². The molecule has 0 radical (unpaired) electrons. The molecular weight excluding hydrogens is 899 g/mol. The third-order valence-corrected chi connectivity index (χ3v) is 14.4. The number of amides is 1. The fourth-order valence-electron chi connectivity index (χ4n) is 9.41. The lowest BCUT2D eigenvalue weighted by Crippen LogP contribution is -2.61. The van der Waals surface area contributed by atoms with E-state index >= 15 is 0 Å². The van der Waals surface area contributed by atoms with Crippen molar-refractivity contribution >= 4 is 16.3 Å². The van der Waals surface area contributed by atoms with Crippen LogP contribution in [-0.2, 0) is 28.9 Å². The van der Waals surface area contributed by atoms with Gasteiger partial charge in [0.15, 0.2) is 6.29 Å². The van der Waals surface area contributed by atoms with Crippen molar-refractivity contribution in [3.63, 3.8) is 0 Å². The zero-order chi connectivity index (χ0) is 50.6. The second kappa shape index (κ2) is 45.4. The molecule has 0 spiro atoms. The van der Waals surface area contributed by atoms with Crippen LogP contribution in [0.5, 0.6) is 0 Å². The van der Waals surface area contributed by atoms with E-state index in [0.29, 0.717) is 12.8 Å². The lowest BCUT2D eigenvalue weighted by atomic mass is 9.99. The lowest BCUT2D eigenvalue weighted by Gasteiger charge is -2.41. The van der Waals surface area contributed by atoms with Gasteiger partial charge in [0.25, 0.3) is 0 Å². The van der Waals surface area contributed by atoms with Crippen molar-refractivity contribution < 1.29 is 57.0 Å². The Morgan fingerprint density at radius 3 is 1.30 bits per heavy atom. The van der Waals surface area contributed by atoms with Gasteiger partial charge in [0.1, 0.15) is 30.5 Å². The Hall–Kier alpha value is -1.20. The second-order valence-electron chi connectivity index (χ2n) is 20.4. The molecule has 0 aliphatic carbocycles. The smallest absolute Gasteiger partial charge is 0.394 e. The van der Waals surface area contributed by atoms with Gasteiger partial charge in [0, 0.05) is 0 Å². The van der Waals surface area contributed by atoms with Gasteiger partial charge >= 0.3 is 10.4 Å². The maximum atomic E-state index is 13.2. The van der Waals surface area contributed by atoms with Crippen LogP contribution in [0.4, 0.5) is 0 Å². The number of unbranched alkanes of at least 4 members (excludes halogenated alkanes) is 37. The molecule has 0 aromatic carbocycles. The molecular formula is C55H107NO12S. The summed E-state index contributed by atoms with van der Waals surface area (Å²) >= 11 is 0. The predicted octanol–water partition coefficient (Wildman–Crippen LogP) is 12.0. The molecule has 1 heterocycles. The largest absolute Gasteiger partial charge is 0.397 e. The van der Waals surface area contributed by atoms with E-state index < -0.39 is 78.5 Å². The summed E-state index contributed by atoms with van der Waals surface area (Å²) < 4.78 is 47.7. The van der Waals surface area contributed by atoms with E-state index in [1.807, 2.05) is 6.08 Å². The summed E-state index contributed by atoms with van der Waals surface area (Å²) in [5.41, 5.74) is 0. The van der Waals surface area contributed by atoms with Crippen molar-refractivity contribution in [2.75, 3.05) is 13.2 Å². The van der Waals surface area contributed by atoms with E-state index in [0.717, 1.165) is 38.5 Å². The van der Waals surface area contributed by atoms with Crippen LogP contribution in [0.15, 0.2) is 12.2 Å². The number of rotatable bonds is 50. The first kappa shape index (κ1) is 65.8. The summed E-state index contributed by atoms with van der Waals surface area (Å²) in [6.45, 7) is 3.27. The topological polar surface area (TPSA) is 212 Å². The van der Waals surface area contributed by atoms with E-state index in [4.69, 9.17) is 9.47 Å². The van der Waals surface area contributed by atoms with E-state index in [9.17, 15) is 43.3 Å². The molecule has 14 heteroatoms. The first-order valence-electron chi connectivity index (χ1n) is 28.7. The summed E-state index contributed by atoms with van der Waals surface area (Å²) in [6, 6.07) is -1.12. The van der Waals surface area contributed by atoms with Gasteiger partial charge in [-0.05, 0) is 19.3 Å². The summed E-state index contributed by atoms with van der Waals surface area (Å²) in [4.78, 5) is 13.2. The number of carbonyl (C=O) groups excluding carboxylic acids is 1. The molecule has 8 atom stereocenters. The van der Waals surface area contributed by atoms with Gasteiger partial charge < -0.3 is 40.3 Å². The monoisotopic (exact) mass is 1010 g/mol. The molecule has 1 amide bonds. The van der Waals surface area contributed by atoms with Crippen molar-refractivity contribution in [3.05, 3.63) is 12.2 Å². The number of ether oxygens (including phenoxy) is 2. The highest BCUT2D eigenvalue weighted by Crippen LogP contribution is 2.26. The normalized spacial score (nSPS) is 20.1. The molecule has 0 saturated carbocycles. The van der Waals surface area contributed by atoms with Crippen LogP contribution in [0.2, 0.25) is 0 Å². The van der Waals surface area contributed by atoms with E-state index in [1.165, 1.54) is 199 Å². The van der Waals surface area contributed by atoms with Crippen molar-refractivity contribution in [2.45, 2.75) is 320 Å². The minimum absolute atomic E-state index is 0.249. The molecule has 1 aliphatic heterocycles. The standard InChI is InChI=1S/C55H107NO12S/c1-3-5-7-9-11-13-15-17-19-21-23-24-25-26-28-30-32-34-36-38-40-42-44-49(59)54(62)56-47(46-66-55-52(61)53(68-69(63,64)65)51(60)50(45-57)67-55)48(58)43-41-39-37-35-33-31-29-27-22-20-18-16-14-12-10-8-6-4-2/h41,43,47-53,55,57-61H,3-40,42,44-46H2,1-2H3,(H,56,62)(H,63,64,65)/b43-41+. The Labute approximate surface area is 422 Å². The molecule has 0 aromatic heterocycles. The minimum atomic E-state index is -5.12. The maximum absolute atomic E-state index is 13.2. The molecule has 1 saturated heterocycles. The van der Waals surface area contributed by atoms with Gasteiger partial charge in [-0.2, -0.15) is 8.42 Å². The maximum Gasteiger partial charge on any atom is 0.397 e. The highest BCUT2D eigenvalue weighted by molar-refractivity contribution is 7.80. The highest BCUT2D eigenvalue weighted by Gasteiger charge is 2.48. The Balaban J connectivity index is 2.43. The summed E-state index contributed by atoms with van der Waals surface area (Å²) in [5, 5.41) is 55.5. The molecule has 1 fully saturated rings. The van der Waals surface area contributed by atoms with Crippen LogP contribution in [-0.4, -0.2) is 107 Å². The third-order valence-electron chi connectivity index (χ3n) is 13.9. The molecule has 0 aromatic rings. The van der Waals surface area contributed by atoms with Crippen LogP contribution in [0.1, 0.15) is 271 Å². The number of hydrogen-bond acceptors (Lipinski definition) is 11. The fourth-order valence-corrected chi connectivity index (χ4v) is 9.91. The molecule has 13 nitrogen and oxygen atoms in total. The van der Waals surface area contributed by atoms with Crippen LogP contribution in [0.25, 0.3) is 0 Å². The molecule has 1 aliphatic rings. The fraction of sp³-hybridized carbons (Fsp3) is 0.945. The van der Waals surface area contributed by atoms with Gasteiger partial charge in [-0.3, -0.25) is 9.35 Å². The zero-order valence-electron chi connectivity index (χ0n) is 44.0. The highest BCUT2D eigenvalue weighted by atomic mass is 32.3. The number of allylic oxidation sites excluding steroid dienone is 1. The van der Waals surface area contributed by atoms with Crippen LogP contribution in [0.3, 0.4) is 0 Å². The average molecular weight is 1010 g/mol. The molecule has 0 bridgehead atoms. The molecule has 410 valence electrons. The second-order valence-corrected chi connectivity index (χ2v) is 21.4. The number of nitrogens with one attached hydrogen (secondary N) is 1. The molecule has 69 heavy (non-hydrogen) atoms. The quantitative estimate of drug-likeness (QED) is 0.0172. The third kappa shape index (κ3) is 37.2. The predicted molar refractivity (Wildman–Crippen MR) is 279 cm³/mol. The average Bonchev–Trinajstić information content (AvgIpc) is 3.32. The van der Waals surface area contributed by atoms with Crippen LogP contribution < -0.4 is 5.32 Å². The Kier molecular flexibility index (Phi) is 43.3. The van der Waals surface area contributed by atoms with Gasteiger partial charge in [-0.15, -0.1) is 0 Å². The SMILES string of the molecule is CCCCCCCCCCCCCCCCCC/C=C/C(O)C(COC1OC(CO)C(O)C(OS(=O)(=O)O)C1O)NC(=O)C(O)CCCCCCCCCCCCCCCCCCCCCCCC. The van der Waals surface area contributed by atoms with E-state index in [2.05, 4.69) is 23.3 Å². The number of carbonyl (C=O) groups is 1. The van der Waals surface area contributed by atoms with E-state index in [-0.39, 0.29) is 6.42 Å². The number of aliphatic hydroxyl groups excluding tert-OH is 5. The van der Waals surface area contributed by atoms with Gasteiger partial charge in [-0.25, -0.2) is 4.18 Å². The summed E-state index contributed by atoms with van der Waals surface area (Å²) in [7, 11) is -5.12. The summed E-state index contributed by atoms with van der Waals surface area (Å²) in [5.74, 6) is -0.696. The van der Waals surface area contributed by atoms with Crippen LogP contribution >= 0.6 is 0 Å². The first-order valence-corrected chi connectivity index (χ1v) is 30.0. The lowest BCUT2D eigenvalue weighted by molar-refractivity contribution is -0.298. The number of aliphatic hydroxyl groups is 5. The Morgan fingerprint density at radius 1 is 0.580 bits per heavy atom. The summed E-state index contributed by atoms with van der Waals surface area (Å²) in [6.07, 6.45) is 41.4. The Morgan fingerprint density at radius 2 is 0.942 bits per heavy atom. The van der Waals surface area contributed by atoms with Gasteiger partial charge in [0.05, 0.1) is 25.4 Å².